The van der Waals surface area contributed by atoms with Crippen LogP contribution in [-0.2, 0) is 24.4 Å². The van der Waals surface area contributed by atoms with E-state index in [2.05, 4.69) is 4.98 Å². The molecule has 0 radical (unpaired) electrons. The molecule has 0 saturated carbocycles. The van der Waals surface area contributed by atoms with E-state index >= 15 is 0 Å². The number of halogens is 3. The molecule has 4 rings (SSSR count). The Bertz CT molecular complexity index is 1020. The van der Waals surface area contributed by atoms with Crippen molar-refractivity contribution in [2.75, 3.05) is 13.1 Å². The lowest BCUT2D eigenvalue weighted by molar-refractivity contribution is -0.144. The van der Waals surface area contributed by atoms with E-state index in [0.717, 1.165) is 22.5 Å². The molecular weight excluding hydrogens is 371 g/mol. The maximum atomic E-state index is 13.0. The topological polar surface area (TPSA) is 47.4 Å². The van der Waals surface area contributed by atoms with Gasteiger partial charge in [-0.1, -0.05) is 18.2 Å². The molecule has 0 N–H and O–H groups in total. The summed E-state index contributed by atoms with van der Waals surface area (Å²) in [6.45, 7) is 0.495. The number of amides is 1. The van der Waals surface area contributed by atoms with Crippen molar-refractivity contribution in [2.24, 2.45) is 7.05 Å². The molecule has 1 aromatic carbocycles. The minimum Gasteiger partial charge on any atom is -0.470 e. The first-order chi connectivity index (χ1) is 13.3. The minimum atomic E-state index is -4.53. The summed E-state index contributed by atoms with van der Waals surface area (Å²) in [5.41, 5.74) is 1.07. The van der Waals surface area contributed by atoms with Gasteiger partial charge in [0.15, 0.2) is 0 Å². The summed E-state index contributed by atoms with van der Waals surface area (Å²) in [6.07, 6.45) is -1.60. The normalized spacial score (nSPS) is 14.9. The number of aromatic nitrogens is 2. The Morgan fingerprint density at radius 1 is 1.21 bits per heavy atom. The molecule has 0 spiro atoms. The summed E-state index contributed by atoms with van der Waals surface area (Å²) in [5, 5.41) is 1.02. The molecule has 1 amide bonds. The summed E-state index contributed by atoms with van der Waals surface area (Å²) >= 11 is 0. The van der Waals surface area contributed by atoms with Crippen molar-refractivity contribution in [1.29, 1.82) is 0 Å². The average molecular weight is 389 g/mol. The number of likely N-dealkylation sites (tertiary alicyclic amines) is 1. The number of hydrogen-bond acceptors (Lipinski definition) is 3. The van der Waals surface area contributed by atoms with Gasteiger partial charge in [-0.2, -0.15) is 13.2 Å². The van der Waals surface area contributed by atoms with E-state index < -0.39 is 23.7 Å². The van der Waals surface area contributed by atoms with Gasteiger partial charge in [0.1, 0.15) is 11.7 Å². The maximum absolute atomic E-state index is 13.0. The van der Waals surface area contributed by atoms with Crippen LogP contribution in [0.4, 0.5) is 13.2 Å². The van der Waals surface area contributed by atoms with Crippen LogP contribution in [0.2, 0.25) is 0 Å². The molecule has 28 heavy (non-hydrogen) atoms. The summed E-state index contributed by atoms with van der Waals surface area (Å²) in [7, 11) is 1.93. The van der Waals surface area contributed by atoms with E-state index in [-0.39, 0.29) is 25.4 Å². The molecule has 8 heteroatoms. The van der Waals surface area contributed by atoms with Crippen LogP contribution in [0, 0.1) is 0 Å². The highest BCUT2D eigenvalue weighted by Crippen LogP contribution is 2.35. The van der Waals surface area contributed by atoms with Crippen molar-refractivity contribution in [1.82, 2.24) is 14.5 Å². The first kappa shape index (κ1) is 18.3. The van der Waals surface area contributed by atoms with E-state index in [1.165, 1.54) is 12.3 Å². The van der Waals surface area contributed by atoms with Crippen molar-refractivity contribution >= 4 is 16.8 Å². The number of carbonyl (C=O) groups is 1. The number of carbonyl (C=O) groups excluding carboxylic acids is 1. The Morgan fingerprint density at radius 3 is 2.71 bits per heavy atom. The maximum Gasteiger partial charge on any atom is 0.421 e. The predicted molar refractivity (Wildman–Crippen MR) is 96.9 cm³/mol. The van der Waals surface area contributed by atoms with Crippen LogP contribution < -0.4 is 4.74 Å². The second-order valence-electron chi connectivity index (χ2n) is 6.85. The molecule has 1 aliphatic rings. The average Bonchev–Trinajstić information content (AvgIpc) is 2.93. The molecule has 1 saturated heterocycles. The number of hydrogen-bond donors (Lipinski definition) is 0. The Kier molecular flexibility index (Phi) is 4.49. The molecule has 146 valence electrons. The molecule has 3 heterocycles. The van der Waals surface area contributed by atoms with E-state index in [0.29, 0.717) is 0 Å². The lowest BCUT2D eigenvalue weighted by Crippen LogP contribution is -2.56. The van der Waals surface area contributed by atoms with E-state index in [9.17, 15) is 18.0 Å². The minimum absolute atomic E-state index is 0.0757. The van der Waals surface area contributed by atoms with Crippen LogP contribution in [0.15, 0.2) is 48.8 Å². The summed E-state index contributed by atoms with van der Waals surface area (Å²) in [4.78, 5) is 17.8. The molecule has 3 aromatic rings. The van der Waals surface area contributed by atoms with Crippen LogP contribution >= 0.6 is 0 Å². The number of fused-ring (bicyclic) bond motifs is 1. The molecular formula is C20H18F3N3O2. The van der Waals surface area contributed by atoms with Crippen LogP contribution in [0.25, 0.3) is 10.9 Å². The fourth-order valence-corrected chi connectivity index (χ4v) is 3.42. The van der Waals surface area contributed by atoms with Gasteiger partial charge < -0.3 is 14.2 Å². The number of nitrogens with zero attached hydrogens (tertiary/aromatic N) is 3. The van der Waals surface area contributed by atoms with Crippen molar-refractivity contribution < 1.29 is 22.7 Å². The number of rotatable bonds is 4. The number of para-hydroxylation sites is 1. The van der Waals surface area contributed by atoms with E-state index in [1.807, 2.05) is 42.1 Å². The standard InChI is InChI=1S/C20H18F3N3O2/c1-25-10-13(15-5-2-3-7-17(15)25)9-18(27)26-11-14(12-26)28-19-16(20(21,22)23)6-4-8-24-19/h2-8,10,14H,9,11-12H2,1H3. The molecule has 1 aliphatic heterocycles. The van der Waals surface area contributed by atoms with E-state index in [4.69, 9.17) is 4.74 Å². The van der Waals surface area contributed by atoms with Gasteiger partial charge in [-0.25, -0.2) is 4.98 Å². The largest absolute Gasteiger partial charge is 0.470 e. The third-order valence-corrected chi connectivity index (χ3v) is 4.88. The van der Waals surface area contributed by atoms with Gasteiger partial charge in [0.05, 0.1) is 19.5 Å². The zero-order valence-corrected chi connectivity index (χ0v) is 15.1. The fraction of sp³-hybridized carbons (Fsp3) is 0.300. The van der Waals surface area contributed by atoms with Crippen molar-refractivity contribution in [3.8, 4) is 5.88 Å². The second-order valence-corrected chi connectivity index (χ2v) is 6.85. The molecule has 0 bridgehead atoms. The summed E-state index contributed by atoms with van der Waals surface area (Å²) in [6, 6.07) is 9.98. The summed E-state index contributed by atoms with van der Waals surface area (Å²) in [5.74, 6) is -0.519. The first-order valence-electron chi connectivity index (χ1n) is 8.82. The van der Waals surface area contributed by atoms with Crippen molar-refractivity contribution in [3.05, 3.63) is 59.9 Å². The molecule has 2 aromatic heterocycles. The van der Waals surface area contributed by atoms with Gasteiger partial charge in [-0.3, -0.25) is 4.79 Å². The highest BCUT2D eigenvalue weighted by molar-refractivity contribution is 5.89. The monoisotopic (exact) mass is 389 g/mol. The Hall–Kier alpha value is -3.03. The number of pyridine rings is 1. The Balaban J connectivity index is 1.39. The number of ether oxygens (including phenoxy) is 1. The smallest absolute Gasteiger partial charge is 0.421 e. The predicted octanol–water partition coefficient (Wildman–Crippen LogP) is 3.42. The number of aryl methyl sites for hydroxylation is 1. The molecule has 1 fully saturated rings. The SMILES string of the molecule is Cn1cc(CC(=O)N2CC(Oc3ncccc3C(F)(F)F)C2)c2ccccc21. The second kappa shape index (κ2) is 6.85. The Morgan fingerprint density at radius 2 is 1.96 bits per heavy atom. The molecule has 0 unspecified atom stereocenters. The first-order valence-corrected chi connectivity index (χ1v) is 8.82. The van der Waals surface area contributed by atoms with Crippen LogP contribution in [0.1, 0.15) is 11.1 Å². The van der Waals surface area contributed by atoms with Crippen molar-refractivity contribution in [3.63, 3.8) is 0 Å². The van der Waals surface area contributed by atoms with Gasteiger partial charge in [-0.05, 0) is 23.8 Å². The van der Waals surface area contributed by atoms with Gasteiger partial charge in [0.25, 0.3) is 0 Å². The van der Waals surface area contributed by atoms with Gasteiger partial charge in [0.2, 0.25) is 11.8 Å². The third kappa shape index (κ3) is 3.42. The molecule has 5 nitrogen and oxygen atoms in total. The number of benzene rings is 1. The summed E-state index contributed by atoms with van der Waals surface area (Å²) < 4.78 is 46.4. The number of alkyl halides is 3. The van der Waals surface area contributed by atoms with Crippen LogP contribution in [0.3, 0.4) is 0 Å². The lowest BCUT2D eigenvalue weighted by atomic mass is 10.1. The van der Waals surface area contributed by atoms with Gasteiger partial charge in [0, 0.05) is 30.3 Å². The zero-order valence-electron chi connectivity index (χ0n) is 15.1. The molecule has 0 aliphatic carbocycles. The van der Waals surface area contributed by atoms with Gasteiger partial charge >= 0.3 is 6.18 Å². The molecule has 0 atom stereocenters. The third-order valence-electron chi connectivity index (χ3n) is 4.88. The van der Waals surface area contributed by atoms with E-state index in [1.54, 1.807) is 4.90 Å². The quantitative estimate of drug-likeness (QED) is 0.687. The van der Waals surface area contributed by atoms with Crippen molar-refractivity contribution in [2.45, 2.75) is 18.7 Å². The fourth-order valence-electron chi connectivity index (χ4n) is 3.42. The highest BCUT2D eigenvalue weighted by atomic mass is 19.4. The van der Waals surface area contributed by atoms with Crippen LogP contribution in [0.5, 0.6) is 5.88 Å². The Labute approximate surface area is 159 Å². The highest BCUT2D eigenvalue weighted by Gasteiger charge is 2.38. The zero-order chi connectivity index (χ0) is 19.9. The van der Waals surface area contributed by atoms with Gasteiger partial charge in [-0.15, -0.1) is 0 Å². The van der Waals surface area contributed by atoms with Crippen LogP contribution in [-0.4, -0.2) is 39.6 Å². The lowest BCUT2D eigenvalue weighted by Gasteiger charge is -2.39.